The zero-order valence-electron chi connectivity index (χ0n) is 10.4. The fourth-order valence-corrected chi connectivity index (χ4v) is 1.31. The summed E-state index contributed by atoms with van der Waals surface area (Å²) in [7, 11) is 0. The molecular weight excluding hydrogens is 208 g/mol. The van der Waals surface area contributed by atoms with Crippen LogP contribution in [0.2, 0.25) is 0 Å². The van der Waals surface area contributed by atoms with E-state index in [4.69, 9.17) is 0 Å². The van der Waals surface area contributed by atoms with Crippen LogP contribution in [-0.4, -0.2) is 49.6 Å². The molecule has 0 aromatic carbocycles. The van der Waals surface area contributed by atoms with E-state index in [9.17, 15) is 9.59 Å². The highest BCUT2D eigenvalue weighted by Gasteiger charge is 2.13. The first-order chi connectivity index (χ1) is 7.65. The van der Waals surface area contributed by atoms with Gasteiger partial charge in [0.1, 0.15) is 0 Å². The molecule has 0 aliphatic carbocycles. The van der Waals surface area contributed by atoms with Crippen molar-refractivity contribution in [1.29, 1.82) is 0 Å². The van der Waals surface area contributed by atoms with Gasteiger partial charge in [0.2, 0.25) is 0 Å². The van der Waals surface area contributed by atoms with Crippen LogP contribution >= 0.6 is 0 Å². The molecule has 16 heavy (non-hydrogen) atoms. The summed E-state index contributed by atoms with van der Waals surface area (Å²) in [6.45, 7) is 9.54. The van der Waals surface area contributed by atoms with Crippen molar-refractivity contribution in [3.05, 3.63) is 0 Å². The predicted octanol–water partition coefficient (Wildman–Crippen LogP) is 0.398. The van der Waals surface area contributed by atoms with Crippen LogP contribution in [0.25, 0.3) is 0 Å². The molecule has 0 aliphatic heterocycles. The molecule has 0 bridgehead atoms. The molecule has 5 nitrogen and oxygen atoms in total. The van der Waals surface area contributed by atoms with E-state index in [2.05, 4.69) is 28.8 Å². The molecule has 0 saturated heterocycles. The first kappa shape index (κ1) is 14.9. The van der Waals surface area contributed by atoms with Gasteiger partial charge in [0.15, 0.2) is 0 Å². The monoisotopic (exact) mass is 230 g/mol. The van der Waals surface area contributed by atoms with Gasteiger partial charge in [-0.3, -0.25) is 4.79 Å². The van der Waals surface area contributed by atoms with Crippen molar-refractivity contribution in [2.75, 3.05) is 32.8 Å². The van der Waals surface area contributed by atoms with Crippen molar-refractivity contribution in [2.45, 2.75) is 27.2 Å². The lowest BCUT2D eigenvalue weighted by atomic mass is 10.3. The lowest BCUT2D eigenvalue weighted by Crippen LogP contribution is -2.35. The van der Waals surface area contributed by atoms with E-state index in [1.54, 1.807) is 6.92 Å². The quantitative estimate of drug-likeness (QED) is 0.391. The van der Waals surface area contributed by atoms with Crippen molar-refractivity contribution < 1.29 is 14.3 Å². The van der Waals surface area contributed by atoms with Gasteiger partial charge in [-0.05, 0) is 33.0 Å². The minimum atomic E-state index is -0.801. The second kappa shape index (κ2) is 9.15. The molecule has 5 heteroatoms. The van der Waals surface area contributed by atoms with Gasteiger partial charge in [-0.1, -0.05) is 13.8 Å². The molecule has 0 aromatic heterocycles. The smallest absolute Gasteiger partial charge is 0.396 e. The minimum absolute atomic E-state index is 0.228. The maximum Gasteiger partial charge on any atom is 0.396 e. The molecule has 0 atom stereocenters. The molecule has 1 N–H and O–H groups in total. The van der Waals surface area contributed by atoms with Crippen LogP contribution in [0.15, 0.2) is 0 Å². The third-order valence-corrected chi connectivity index (χ3v) is 2.29. The van der Waals surface area contributed by atoms with Crippen molar-refractivity contribution in [1.82, 2.24) is 10.2 Å². The zero-order valence-corrected chi connectivity index (χ0v) is 10.4. The van der Waals surface area contributed by atoms with Crippen molar-refractivity contribution in [2.24, 2.45) is 0 Å². The van der Waals surface area contributed by atoms with E-state index >= 15 is 0 Å². The van der Waals surface area contributed by atoms with Crippen LogP contribution in [0, 0.1) is 0 Å². The van der Waals surface area contributed by atoms with Gasteiger partial charge in [-0.2, -0.15) is 0 Å². The summed E-state index contributed by atoms with van der Waals surface area (Å²) >= 11 is 0. The first-order valence-corrected chi connectivity index (χ1v) is 5.82. The first-order valence-electron chi connectivity index (χ1n) is 5.82. The highest BCUT2D eigenvalue weighted by atomic mass is 16.5. The number of ether oxygens (including phenoxy) is 1. The minimum Gasteiger partial charge on any atom is -0.459 e. The van der Waals surface area contributed by atoms with E-state index < -0.39 is 11.9 Å². The highest BCUT2D eigenvalue weighted by molar-refractivity contribution is 6.32. The average molecular weight is 230 g/mol. The van der Waals surface area contributed by atoms with Crippen LogP contribution in [-0.2, 0) is 14.3 Å². The summed E-state index contributed by atoms with van der Waals surface area (Å²) in [4.78, 5) is 24.3. The molecule has 0 unspecified atom stereocenters. The van der Waals surface area contributed by atoms with Crippen LogP contribution < -0.4 is 5.32 Å². The Bertz CT molecular complexity index is 215. The van der Waals surface area contributed by atoms with Crippen molar-refractivity contribution in [3.63, 3.8) is 0 Å². The second-order valence-electron chi connectivity index (χ2n) is 3.36. The predicted molar refractivity (Wildman–Crippen MR) is 62.0 cm³/mol. The van der Waals surface area contributed by atoms with Gasteiger partial charge < -0.3 is 15.0 Å². The van der Waals surface area contributed by atoms with E-state index in [0.717, 1.165) is 26.1 Å². The fraction of sp³-hybridized carbons (Fsp3) is 0.818. The third-order valence-electron chi connectivity index (χ3n) is 2.29. The molecule has 0 heterocycles. The van der Waals surface area contributed by atoms with E-state index in [-0.39, 0.29) is 6.61 Å². The number of hydrogen-bond acceptors (Lipinski definition) is 4. The van der Waals surface area contributed by atoms with Gasteiger partial charge in [0, 0.05) is 6.54 Å². The number of rotatable bonds is 7. The van der Waals surface area contributed by atoms with Crippen molar-refractivity contribution >= 4 is 11.9 Å². The molecule has 0 radical (unpaired) electrons. The Morgan fingerprint density at radius 2 is 1.81 bits per heavy atom. The van der Waals surface area contributed by atoms with Gasteiger partial charge >= 0.3 is 11.9 Å². The van der Waals surface area contributed by atoms with Gasteiger partial charge in [-0.15, -0.1) is 0 Å². The average Bonchev–Trinajstić information content (AvgIpc) is 2.29. The van der Waals surface area contributed by atoms with Crippen LogP contribution in [0.1, 0.15) is 27.2 Å². The molecule has 0 fully saturated rings. The Morgan fingerprint density at radius 3 is 2.31 bits per heavy atom. The molecule has 0 aliphatic rings. The van der Waals surface area contributed by atoms with E-state index in [0.29, 0.717) is 6.54 Å². The number of amides is 1. The van der Waals surface area contributed by atoms with Gasteiger partial charge in [0.25, 0.3) is 0 Å². The number of nitrogens with zero attached hydrogens (tertiary/aromatic N) is 1. The number of esters is 1. The number of carbonyl (C=O) groups excluding carboxylic acids is 2. The third kappa shape index (κ3) is 6.40. The summed E-state index contributed by atoms with van der Waals surface area (Å²) in [6, 6.07) is 0. The summed E-state index contributed by atoms with van der Waals surface area (Å²) < 4.78 is 4.56. The van der Waals surface area contributed by atoms with Crippen LogP contribution in [0.5, 0.6) is 0 Å². The summed E-state index contributed by atoms with van der Waals surface area (Å²) in [5.41, 5.74) is 0. The van der Waals surface area contributed by atoms with E-state index in [1.807, 2.05) is 0 Å². The normalized spacial score (nSPS) is 10.2. The summed E-state index contributed by atoms with van der Waals surface area (Å²) in [5.74, 6) is -1.45. The van der Waals surface area contributed by atoms with Crippen LogP contribution in [0.3, 0.4) is 0 Å². The Labute approximate surface area is 97.1 Å². The standard InChI is InChI=1S/C11H22N2O3/c1-4-13(5-2)9-7-8-12-10(14)11(15)16-6-3/h4-9H2,1-3H3,(H,12,14). The molecule has 0 rings (SSSR count). The highest BCUT2D eigenvalue weighted by Crippen LogP contribution is 1.89. The van der Waals surface area contributed by atoms with Gasteiger partial charge in [0.05, 0.1) is 6.61 Å². The maximum absolute atomic E-state index is 11.1. The number of carbonyl (C=O) groups is 2. The van der Waals surface area contributed by atoms with E-state index in [1.165, 1.54) is 0 Å². The molecule has 0 aromatic rings. The van der Waals surface area contributed by atoms with Crippen molar-refractivity contribution in [3.8, 4) is 0 Å². The largest absolute Gasteiger partial charge is 0.459 e. The lowest BCUT2D eigenvalue weighted by Gasteiger charge is -2.17. The number of hydrogen-bond donors (Lipinski definition) is 1. The molecule has 0 spiro atoms. The zero-order chi connectivity index (χ0) is 12.4. The fourth-order valence-electron chi connectivity index (χ4n) is 1.31. The Kier molecular flexibility index (Phi) is 8.52. The SMILES string of the molecule is CCOC(=O)C(=O)NCCCN(CC)CC. The topological polar surface area (TPSA) is 58.6 Å². The summed E-state index contributed by atoms with van der Waals surface area (Å²) in [5, 5.41) is 2.53. The van der Waals surface area contributed by atoms with Gasteiger partial charge in [-0.25, -0.2) is 4.79 Å². The Hall–Kier alpha value is -1.10. The Morgan fingerprint density at radius 1 is 1.19 bits per heavy atom. The molecule has 1 amide bonds. The molecule has 0 saturated carbocycles. The number of nitrogens with one attached hydrogen (secondary N) is 1. The van der Waals surface area contributed by atoms with Crippen LogP contribution in [0.4, 0.5) is 0 Å². The second-order valence-corrected chi connectivity index (χ2v) is 3.36. The molecular formula is C11H22N2O3. The molecule has 94 valence electrons. The maximum atomic E-state index is 11.1. The Balaban J connectivity index is 3.58. The lowest BCUT2D eigenvalue weighted by molar-refractivity contribution is -0.154. The summed E-state index contributed by atoms with van der Waals surface area (Å²) in [6.07, 6.45) is 0.840.